The second kappa shape index (κ2) is 6.23. The van der Waals surface area contributed by atoms with Gasteiger partial charge in [-0.25, -0.2) is 0 Å². The molecule has 4 heteroatoms. The van der Waals surface area contributed by atoms with Crippen LogP contribution in [0.4, 0.5) is 0 Å². The highest BCUT2D eigenvalue weighted by Gasteiger charge is 2.10. The lowest BCUT2D eigenvalue weighted by Gasteiger charge is -2.15. The lowest BCUT2D eigenvalue weighted by Crippen LogP contribution is -2.10. The van der Waals surface area contributed by atoms with E-state index in [-0.39, 0.29) is 6.04 Å². The number of halogens is 1. The van der Waals surface area contributed by atoms with Gasteiger partial charge in [0.15, 0.2) is 0 Å². The maximum absolute atomic E-state index is 6.07. The first kappa shape index (κ1) is 13.4. The Bertz CT molecular complexity index is 512. The number of benzene rings is 1. The summed E-state index contributed by atoms with van der Waals surface area (Å²) in [6, 6.07) is 11.8. The van der Waals surface area contributed by atoms with Gasteiger partial charge in [0.2, 0.25) is 0 Å². The second-order valence-electron chi connectivity index (χ2n) is 4.05. The molecule has 2 aromatic rings. The Hall–Kier alpha value is -1.03. The van der Waals surface area contributed by atoms with E-state index in [9.17, 15) is 0 Å². The largest absolute Gasteiger partial charge is 0.488 e. The first-order chi connectivity index (χ1) is 8.70. The molecule has 0 aliphatic heterocycles. The Kier molecular flexibility index (Phi) is 4.64. The van der Waals surface area contributed by atoms with E-state index in [1.165, 1.54) is 11.3 Å². The molecule has 2 nitrogen and oxygen atoms in total. The van der Waals surface area contributed by atoms with Gasteiger partial charge in [-0.1, -0.05) is 36.7 Å². The van der Waals surface area contributed by atoms with Gasteiger partial charge < -0.3 is 10.5 Å². The van der Waals surface area contributed by atoms with Crippen LogP contribution in [-0.2, 0) is 6.61 Å². The molecule has 1 aromatic carbocycles. The Morgan fingerprint density at radius 3 is 2.72 bits per heavy atom. The van der Waals surface area contributed by atoms with Crippen molar-refractivity contribution in [3.05, 3.63) is 51.2 Å². The fourth-order valence-corrected chi connectivity index (χ4v) is 2.72. The molecule has 0 radical (unpaired) electrons. The molecule has 0 saturated heterocycles. The molecule has 2 rings (SSSR count). The fraction of sp³-hybridized carbons (Fsp3) is 0.286. The molecule has 2 N–H and O–H groups in total. The van der Waals surface area contributed by atoms with Gasteiger partial charge in [-0.2, -0.15) is 0 Å². The second-order valence-corrected chi connectivity index (χ2v) is 5.85. The summed E-state index contributed by atoms with van der Waals surface area (Å²) in [5.74, 6) is 0.858. The number of hydrogen-bond donors (Lipinski definition) is 1. The summed E-state index contributed by atoms with van der Waals surface area (Å²) in [7, 11) is 0. The lowest BCUT2D eigenvalue weighted by atomic mass is 10.0. The minimum atomic E-state index is 0.0214. The van der Waals surface area contributed by atoms with Crippen molar-refractivity contribution in [2.45, 2.75) is 26.0 Å². The van der Waals surface area contributed by atoms with Gasteiger partial charge >= 0.3 is 0 Å². The van der Waals surface area contributed by atoms with E-state index < -0.39 is 0 Å². The molecule has 18 heavy (non-hydrogen) atoms. The Morgan fingerprint density at radius 1 is 1.28 bits per heavy atom. The molecule has 0 fully saturated rings. The number of rotatable bonds is 5. The number of para-hydroxylation sites is 1. The minimum Gasteiger partial charge on any atom is -0.488 e. The van der Waals surface area contributed by atoms with E-state index in [0.29, 0.717) is 6.61 Å². The number of nitrogens with two attached hydrogens (primary N) is 1. The summed E-state index contributed by atoms with van der Waals surface area (Å²) in [5, 5.41) is 0. The van der Waals surface area contributed by atoms with E-state index >= 15 is 0 Å². The zero-order valence-corrected chi connectivity index (χ0v) is 11.8. The lowest BCUT2D eigenvalue weighted by molar-refractivity contribution is 0.304. The monoisotopic (exact) mass is 281 g/mol. The van der Waals surface area contributed by atoms with Crippen LogP contribution in [0, 0.1) is 0 Å². The number of hydrogen-bond acceptors (Lipinski definition) is 3. The summed E-state index contributed by atoms with van der Waals surface area (Å²) in [6.45, 7) is 2.60. The van der Waals surface area contributed by atoms with Crippen LogP contribution in [0.25, 0.3) is 0 Å². The topological polar surface area (TPSA) is 35.2 Å². The molecule has 0 aliphatic rings. The van der Waals surface area contributed by atoms with Crippen LogP contribution in [0.5, 0.6) is 5.75 Å². The van der Waals surface area contributed by atoms with Gasteiger partial charge in [0.05, 0.1) is 4.34 Å². The van der Waals surface area contributed by atoms with Gasteiger partial charge in [-0.3, -0.25) is 0 Å². The van der Waals surface area contributed by atoms with E-state index in [1.54, 1.807) is 0 Å². The van der Waals surface area contributed by atoms with Crippen LogP contribution in [0.2, 0.25) is 4.34 Å². The van der Waals surface area contributed by atoms with Crippen LogP contribution >= 0.6 is 22.9 Å². The minimum absolute atomic E-state index is 0.0214. The summed E-state index contributed by atoms with van der Waals surface area (Å²) in [5.41, 5.74) is 7.13. The number of ether oxygens (including phenoxy) is 1. The van der Waals surface area contributed by atoms with Gasteiger partial charge in [-0.15, -0.1) is 11.3 Å². The van der Waals surface area contributed by atoms with Crippen molar-refractivity contribution in [2.75, 3.05) is 0 Å². The van der Waals surface area contributed by atoms with Crippen molar-refractivity contribution in [3.63, 3.8) is 0 Å². The van der Waals surface area contributed by atoms with Crippen LogP contribution in [-0.4, -0.2) is 0 Å². The standard InChI is InChI=1S/C14H16ClNOS/c1-2-12(16)11-5-3-4-6-13(11)17-9-10-7-8-14(15)18-10/h3-8,12H,2,9,16H2,1H3. The van der Waals surface area contributed by atoms with Crippen molar-refractivity contribution in [1.29, 1.82) is 0 Å². The van der Waals surface area contributed by atoms with Crippen molar-refractivity contribution in [1.82, 2.24) is 0 Å². The Labute approximate surface area is 116 Å². The molecule has 0 aliphatic carbocycles. The van der Waals surface area contributed by atoms with Crippen molar-refractivity contribution >= 4 is 22.9 Å². The molecule has 0 saturated carbocycles. The van der Waals surface area contributed by atoms with Gasteiger partial charge in [0, 0.05) is 16.5 Å². The van der Waals surface area contributed by atoms with Crippen LogP contribution < -0.4 is 10.5 Å². The van der Waals surface area contributed by atoms with Gasteiger partial charge in [-0.05, 0) is 24.6 Å². The highest BCUT2D eigenvalue weighted by Crippen LogP contribution is 2.28. The summed E-state index contributed by atoms with van der Waals surface area (Å²) in [4.78, 5) is 1.11. The summed E-state index contributed by atoms with van der Waals surface area (Å²) in [6.07, 6.45) is 0.894. The van der Waals surface area contributed by atoms with Crippen molar-refractivity contribution in [3.8, 4) is 5.75 Å². The Morgan fingerprint density at radius 2 is 2.06 bits per heavy atom. The summed E-state index contributed by atoms with van der Waals surface area (Å²) >= 11 is 7.43. The smallest absolute Gasteiger partial charge is 0.124 e. The van der Waals surface area contributed by atoms with Gasteiger partial charge in [0.25, 0.3) is 0 Å². The quantitative estimate of drug-likeness (QED) is 0.882. The SMILES string of the molecule is CCC(N)c1ccccc1OCc1ccc(Cl)s1. The molecule has 1 unspecified atom stereocenters. The highest BCUT2D eigenvalue weighted by molar-refractivity contribution is 7.16. The average Bonchev–Trinajstić information content (AvgIpc) is 2.81. The maximum atomic E-state index is 6.07. The zero-order chi connectivity index (χ0) is 13.0. The zero-order valence-electron chi connectivity index (χ0n) is 10.2. The van der Waals surface area contributed by atoms with Crippen molar-refractivity contribution < 1.29 is 4.74 Å². The van der Waals surface area contributed by atoms with Crippen LogP contribution in [0.15, 0.2) is 36.4 Å². The highest BCUT2D eigenvalue weighted by atomic mass is 35.5. The third-order valence-electron chi connectivity index (χ3n) is 2.76. The summed E-state index contributed by atoms with van der Waals surface area (Å²) < 4.78 is 6.62. The first-order valence-corrected chi connectivity index (χ1v) is 7.11. The maximum Gasteiger partial charge on any atom is 0.124 e. The third kappa shape index (κ3) is 3.25. The number of thiophene rings is 1. The molecule has 1 aromatic heterocycles. The van der Waals surface area contributed by atoms with Gasteiger partial charge in [0.1, 0.15) is 12.4 Å². The van der Waals surface area contributed by atoms with Crippen LogP contribution in [0.3, 0.4) is 0 Å². The Balaban J connectivity index is 2.09. The first-order valence-electron chi connectivity index (χ1n) is 5.92. The molecule has 96 valence electrons. The molecule has 1 atom stereocenters. The molecule has 0 amide bonds. The molecule has 0 spiro atoms. The average molecular weight is 282 g/mol. The van der Waals surface area contributed by atoms with E-state index in [4.69, 9.17) is 22.1 Å². The molecular weight excluding hydrogens is 266 g/mol. The van der Waals surface area contributed by atoms with E-state index in [2.05, 4.69) is 6.92 Å². The van der Waals surface area contributed by atoms with Crippen LogP contribution in [0.1, 0.15) is 29.8 Å². The fourth-order valence-electron chi connectivity index (χ4n) is 1.72. The molecular formula is C14H16ClNOS. The molecule has 0 bridgehead atoms. The van der Waals surface area contributed by atoms with E-state index in [1.807, 2.05) is 36.4 Å². The predicted octanol–water partition coefficient (Wildman–Crippen LogP) is 4.39. The van der Waals surface area contributed by atoms with E-state index in [0.717, 1.165) is 26.9 Å². The predicted molar refractivity (Wildman–Crippen MR) is 77.3 cm³/mol. The van der Waals surface area contributed by atoms with Crippen molar-refractivity contribution in [2.24, 2.45) is 5.73 Å². The normalized spacial score (nSPS) is 12.4. The third-order valence-corrected chi connectivity index (χ3v) is 3.96. The molecule has 1 heterocycles.